The molecule has 1 saturated carbocycles. The Hall–Kier alpha value is -2.28. The number of ether oxygens (including phenoxy) is 1. The first kappa shape index (κ1) is 19.1. The number of amides is 2. The number of furan rings is 1. The van der Waals surface area contributed by atoms with E-state index in [9.17, 15) is 9.59 Å². The Morgan fingerprint density at radius 2 is 2.11 bits per heavy atom. The largest absolute Gasteiger partial charge is 0.467 e. The van der Waals surface area contributed by atoms with Crippen molar-refractivity contribution in [3.8, 4) is 0 Å². The topological polar surface area (TPSA) is 85.0 Å². The molecular formula is C21H30N3O4+. The van der Waals surface area contributed by atoms with E-state index in [4.69, 9.17) is 9.15 Å². The molecule has 7 heteroatoms. The van der Waals surface area contributed by atoms with Crippen molar-refractivity contribution in [3.63, 3.8) is 0 Å². The van der Waals surface area contributed by atoms with E-state index in [1.54, 1.807) is 25.3 Å². The molecule has 1 aromatic rings. The molecule has 4 rings (SSSR count). The standard InChI is InChI=1S/C21H29N3O4/c1-2-27-20(25)18-16(22-21(26)23-19(18)17-8-5-11-28-17)13-24-10-9-14-6-3-4-7-15(14)12-24/h5,8,11,14-15,19H,2-4,6-7,9-10,12-13H2,1H3,(H2,22,23,26)/p+1/t14-,15+,19-/m0/s1. The van der Waals surface area contributed by atoms with Crippen LogP contribution in [0.25, 0.3) is 0 Å². The zero-order valence-corrected chi connectivity index (χ0v) is 16.5. The first-order chi connectivity index (χ1) is 13.7. The monoisotopic (exact) mass is 388 g/mol. The van der Waals surface area contributed by atoms with Crippen molar-refractivity contribution in [2.45, 2.75) is 45.1 Å². The molecule has 2 amide bonds. The van der Waals surface area contributed by atoms with Crippen LogP contribution in [0.5, 0.6) is 0 Å². The Bertz CT molecular complexity index is 743. The van der Waals surface area contributed by atoms with Gasteiger partial charge in [0.25, 0.3) is 0 Å². The van der Waals surface area contributed by atoms with E-state index < -0.39 is 12.0 Å². The van der Waals surface area contributed by atoms with Gasteiger partial charge in [-0.15, -0.1) is 0 Å². The first-order valence-electron chi connectivity index (χ1n) is 10.5. The molecule has 3 heterocycles. The van der Waals surface area contributed by atoms with Crippen molar-refractivity contribution in [1.82, 2.24) is 10.6 Å². The van der Waals surface area contributed by atoms with Crippen molar-refractivity contribution in [2.75, 3.05) is 26.2 Å². The van der Waals surface area contributed by atoms with Crippen LogP contribution in [-0.4, -0.2) is 38.2 Å². The van der Waals surface area contributed by atoms with Crippen LogP contribution < -0.4 is 15.5 Å². The third-order valence-corrected chi connectivity index (χ3v) is 6.39. The lowest BCUT2D eigenvalue weighted by Crippen LogP contribution is -3.14. The Morgan fingerprint density at radius 3 is 2.86 bits per heavy atom. The molecular weight excluding hydrogens is 358 g/mol. The van der Waals surface area contributed by atoms with Gasteiger partial charge in [-0.3, -0.25) is 0 Å². The van der Waals surface area contributed by atoms with Gasteiger partial charge in [0.2, 0.25) is 0 Å². The molecule has 0 radical (unpaired) electrons. The highest BCUT2D eigenvalue weighted by atomic mass is 16.5. The molecule has 3 aliphatic rings. The summed E-state index contributed by atoms with van der Waals surface area (Å²) >= 11 is 0. The van der Waals surface area contributed by atoms with E-state index in [1.807, 2.05) is 0 Å². The highest BCUT2D eigenvalue weighted by molar-refractivity contribution is 5.95. The van der Waals surface area contributed by atoms with Crippen molar-refractivity contribution in [2.24, 2.45) is 11.8 Å². The first-order valence-corrected chi connectivity index (χ1v) is 10.5. The summed E-state index contributed by atoms with van der Waals surface area (Å²) in [6.07, 6.45) is 8.13. The van der Waals surface area contributed by atoms with Gasteiger partial charge in [-0.2, -0.15) is 0 Å². The van der Waals surface area contributed by atoms with E-state index in [-0.39, 0.29) is 12.6 Å². The lowest BCUT2D eigenvalue weighted by atomic mass is 9.75. The molecule has 1 unspecified atom stereocenters. The van der Waals surface area contributed by atoms with Crippen LogP contribution in [0.4, 0.5) is 4.79 Å². The minimum atomic E-state index is -0.621. The number of hydrogen-bond donors (Lipinski definition) is 3. The smallest absolute Gasteiger partial charge is 0.338 e. The molecule has 152 valence electrons. The van der Waals surface area contributed by atoms with Crippen LogP contribution in [0.1, 0.15) is 50.8 Å². The molecule has 0 aromatic carbocycles. The molecule has 4 atom stereocenters. The van der Waals surface area contributed by atoms with Crippen molar-refractivity contribution >= 4 is 12.0 Å². The molecule has 1 saturated heterocycles. The molecule has 2 fully saturated rings. The van der Waals surface area contributed by atoms with Crippen LogP contribution in [-0.2, 0) is 9.53 Å². The second kappa shape index (κ2) is 8.39. The van der Waals surface area contributed by atoms with Gasteiger partial charge in [0.15, 0.2) is 0 Å². The van der Waals surface area contributed by atoms with Gasteiger partial charge < -0.3 is 24.7 Å². The maximum absolute atomic E-state index is 12.8. The highest BCUT2D eigenvalue weighted by Crippen LogP contribution is 2.33. The number of carbonyl (C=O) groups is 2. The van der Waals surface area contributed by atoms with E-state index in [1.165, 1.54) is 37.0 Å². The summed E-state index contributed by atoms with van der Waals surface area (Å²) in [5, 5.41) is 5.69. The molecule has 1 aliphatic carbocycles. The summed E-state index contributed by atoms with van der Waals surface area (Å²) in [5.41, 5.74) is 1.11. The third-order valence-electron chi connectivity index (χ3n) is 6.39. The number of piperidine rings is 1. The molecule has 7 nitrogen and oxygen atoms in total. The predicted octanol–water partition coefficient (Wildman–Crippen LogP) is 1.55. The van der Waals surface area contributed by atoms with Crippen LogP contribution in [0.3, 0.4) is 0 Å². The zero-order chi connectivity index (χ0) is 19.5. The summed E-state index contributed by atoms with van der Waals surface area (Å²) < 4.78 is 10.8. The fraction of sp³-hybridized carbons (Fsp3) is 0.619. The fourth-order valence-corrected chi connectivity index (χ4v) is 5.08. The van der Waals surface area contributed by atoms with Crippen molar-refractivity contribution in [3.05, 3.63) is 35.4 Å². The molecule has 1 aromatic heterocycles. The Labute approximate surface area is 165 Å². The van der Waals surface area contributed by atoms with Crippen LogP contribution >= 0.6 is 0 Å². The molecule has 3 N–H and O–H groups in total. The van der Waals surface area contributed by atoms with E-state index in [2.05, 4.69) is 10.6 Å². The van der Waals surface area contributed by atoms with Gasteiger partial charge in [-0.05, 0) is 44.2 Å². The van der Waals surface area contributed by atoms with Crippen LogP contribution in [0.15, 0.2) is 34.1 Å². The zero-order valence-electron chi connectivity index (χ0n) is 16.5. The Kier molecular flexibility index (Phi) is 5.71. The van der Waals surface area contributed by atoms with Gasteiger partial charge in [-0.25, -0.2) is 9.59 Å². The van der Waals surface area contributed by atoms with E-state index >= 15 is 0 Å². The number of quaternary nitrogens is 1. The number of esters is 1. The lowest BCUT2D eigenvalue weighted by molar-refractivity contribution is -0.906. The second-order valence-electron chi connectivity index (χ2n) is 8.13. The van der Waals surface area contributed by atoms with Crippen molar-refractivity contribution in [1.29, 1.82) is 0 Å². The number of urea groups is 1. The normalized spacial score (nSPS) is 30.2. The van der Waals surface area contributed by atoms with Gasteiger partial charge in [0, 0.05) is 5.92 Å². The minimum Gasteiger partial charge on any atom is -0.467 e. The molecule has 28 heavy (non-hydrogen) atoms. The summed E-state index contributed by atoms with van der Waals surface area (Å²) in [4.78, 5) is 26.5. The van der Waals surface area contributed by atoms with Gasteiger partial charge in [0.1, 0.15) is 18.3 Å². The lowest BCUT2D eigenvalue weighted by Gasteiger charge is -2.39. The second-order valence-corrected chi connectivity index (χ2v) is 8.13. The summed E-state index contributed by atoms with van der Waals surface area (Å²) in [6.45, 7) is 4.89. The van der Waals surface area contributed by atoms with Gasteiger partial charge in [0.05, 0.1) is 37.2 Å². The fourth-order valence-electron chi connectivity index (χ4n) is 5.08. The Balaban J connectivity index is 1.59. The molecule has 0 bridgehead atoms. The summed E-state index contributed by atoms with van der Waals surface area (Å²) in [6, 6.07) is 2.60. The summed E-state index contributed by atoms with van der Waals surface area (Å²) in [7, 11) is 0. The average molecular weight is 388 g/mol. The molecule has 2 aliphatic heterocycles. The number of nitrogens with one attached hydrogen (secondary N) is 3. The predicted molar refractivity (Wildman–Crippen MR) is 102 cm³/mol. The van der Waals surface area contributed by atoms with Crippen molar-refractivity contribution < 1.29 is 23.6 Å². The number of fused-ring (bicyclic) bond motifs is 1. The maximum Gasteiger partial charge on any atom is 0.338 e. The average Bonchev–Trinajstić information content (AvgIpc) is 3.22. The van der Waals surface area contributed by atoms with E-state index in [0.29, 0.717) is 23.6 Å². The number of likely N-dealkylation sites (tertiary alicyclic amines) is 1. The minimum absolute atomic E-state index is 0.286. The van der Waals surface area contributed by atoms with Crippen LogP contribution in [0, 0.1) is 11.8 Å². The SMILES string of the molecule is CCOC(=O)C1=C(C[NH+]2CC[C@@H]3CCCC[C@@H]3C2)NC(=O)N[C@H]1c1ccco1. The quantitative estimate of drug-likeness (QED) is 0.668. The van der Waals surface area contributed by atoms with Gasteiger partial charge in [-0.1, -0.05) is 12.8 Å². The highest BCUT2D eigenvalue weighted by Gasteiger charge is 2.39. The van der Waals surface area contributed by atoms with E-state index in [0.717, 1.165) is 24.9 Å². The summed E-state index contributed by atoms with van der Waals surface area (Å²) in [5.74, 6) is 1.76. The number of carbonyl (C=O) groups excluding carboxylic acids is 2. The number of rotatable bonds is 5. The molecule has 0 spiro atoms. The van der Waals surface area contributed by atoms with Crippen LogP contribution in [0.2, 0.25) is 0 Å². The number of hydrogen-bond acceptors (Lipinski definition) is 4. The van der Waals surface area contributed by atoms with Gasteiger partial charge >= 0.3 is 12.0 Å². The third kappa shape index (κ3) is 3.94. The maximum atomic E-state index is 12.8. The Morgan fingerprint density at radius 1 is 1.29 bits per heavy atom.